The molecule has 3 unspecified atom stereocenters. The Labute approximate surface area is 89.5 Å². The van der Waals surface area contributed by atoms with E-state index in [-0.39, 0.29) is 0 Å². The second kappa shape index (κ2) is 3.54. The molecule has 3 atom stereocenters. The summed E-state index contributed by atoms with van der Waals surface area (Å²) in [6.07, 6.45) is 7.40. The summed E-state index contributed by atoms with van der Waals surface area (Å²) in [5.41, 5.74) is 0.686. The SMILES string of the molecule is CCC(CC)C1CCC2CC1C2(C)C. The van der Waals surface area contributed by atoms with Crippen molar-refractivity contribution in [3.8, 4) is 0 Å². The zero-order chi connectivity index (χ0) is 10.3. The van der Waals surface area contributed by atoms with Crippen molar-refractivity contribution < 1.29 is 0 Å². The van der Waals surface area contributed by atoms with Crippen molar-refractivity contribution in [2.45, 2.75) is 59.8 Å². The maximum Gasteiger partial charge on any atom is -0.0295 e. The first-order valence-corrected chi connectivity index (χ1v) is 6.61. The van der Waals surface area contributed by atoms with E-state index in [2.05, 4.69) is 27.7 Å². The van der Waals surface area contributed by atoms with Gasteiger partial charge in [-0.15, -0.1) is 0 Å². The summed E-state index contributed by atoms with van der Waals surface area (Å²) < 4.78 is 0. The highest BCUT2D eigenvalue weighted by atomic mass is 14.6. The fourth-order valence-electron chi connectivity index (χ4n) is 4.33. The van der Waals surface area contributed by atoms with E-state index in [1.54, 1.807) is 6.42 Å². The predicted octanol–water partition coefficient (Wildman–Crippen LogP) is 4.49. The molecule has 0 amide bonds. The van der Waals surface area contributed by atoms with Gasteiger partial charge in [0.05, 0.1) is 0 Å². The molecular formula is C14H26. The third-order valence-electron chi connectivity index (χ3n) is 5.57. The van der Waals surface area contributed by atoms with Gasteiger partial charge in [0.2, 0.25) is 0 Å². The molecule has 0 spiro atoms. The molecule has 3 aliphatic rings. The van der Waals surface area contributed by atoms with Crippen LogP contribution >= 0.6 is 0 Å². The van der Waals surface area contributed by atoms with E-state index in [1.807, 2.05) is 0 Å². The molecule has 14 heavy (non-hydrogen) atoms. The normalized spacial score (nSPS) is 39.6. The summed E-state index contributed by atoms with van der Waals surface area (Å²) in [4.78, 5) is 0. The minimum atomic E-state index is 0.686. The quantitative estimate of drug-likeness (QED) is 0.621. The van der Waals surface area contributed by atoms with Crippen molar-refractivity contribution >= 4 is 0 Å². The van der Waals surface area contributed by atoms with Gasteiger partial charge in [0.25, 0.3) is 0 Å². The van der Waals surface area contributed by atoms with Gasteiger partial charge in [-0.2, -0.15) is 0 Å². The number of rotatable bonds is 3. The Balaban J connectivity index is 2.06. The Bertz CT molecular complexity index is 198. The van der Waals surface area contributed by atoms with E-state index in [4.69, 9.17) is 0 Å². The summed E-state index contributed by atoms with van der Waals surface area (Å²) in [7, 11) is 0. The first-order valence-electron chi connectivity index (χ1n) is 6.61. The van der Waals surface area contributed by atoms with Gasteiger partial charge in [0, 0.05) is 0 Å². The zero-order valence-corrected chi connectivity index (χ0v) is 10.3. The highest BCUT2D eigenvalue weighted by Gasteiger charge is 2.54. The third-order valence-corrected chi connectivity index (χ3v) is 5.57. The fourth-order valence-corrected chi connectivity index (χ4v) is 4.33. The first-order chi connectivity index (χ1) is 6.61. The molecule has 0 heteroatoms. The Morgan fingerprint density at radius 2 is 1.79 bits per heavy atom. The van der Waals surface area contributed by atoms with Crippen LogP contribution in [-0.2, 0) is 0 Å². The van der Waals surface area contributed by atoms with Crippen molar-refractivity contribution in [1.29, 1.82) is 0 Å². The van der Waals surface area contributed by atoms with Crippen LogP contribution in [0, 0.1) is 29.1 Å². The molecule has 0 N–H and O–H groups in total. The van der Waals surface area contributed by atoms with Crippen LogP contribution in [0.4, 0.5) is 0 Å². The molecule has 0 saturated heterocycles. The van der Waals surface area contributed by atoms with E-state index in [1.165, 1.54) is 25.7 Å². The molecule has 0 aromatic rings. The van der Waals surface area contributed by atoms with E-state index in [0.717, 1.165) is 23.7 Å². The molecule has 0 aromatic heterocycles. The zero-order valence-electron chi connectivity index (χ0n) is 10.3. The lowest BCUT2D eigenvalue weighted by atomic mass is 9.44. The van der Waals surface area contributed by atoms with Crippen LogP contribution in [0.2, 0.25) is 0 Å². The van der Waals surface area contributed by atoms with Crippen LogP contribution in [0.15, 0.2) is 0 Å². The monoisotopic (exact) mass is 194 g/mol. The van der Waals surface area contributed by atoms with Gasteiger partial charge in [-0.05, 0) is 48.3 Å². The van der Waals surface area contributed by atoms with E-state index in [0.29, 0.717) is 5.41 Å². The highest BCUT2D eigenvalue weighted by molar-refractivity contribution is 5.04. The third kappa shape index (κ3) is 1.33. The van der Waals surface area contributed by atoms with Gasteiger partial charge in [-0.1, -0.05) is 40.5 Å². The molecule has 3 fully saturated rings. The van der Waals surface area contributed by atoms with Gasteiger partial charge in [0.1, 0.15) is 0 Å². The molecule has 2 bridgehead atoms. The highest BCUT2D eigenvalue weighted by Crippen LogP contribution is 2.63. The van der Waals surface area contributed by atoms with Crippen LogP contribution in [-0.4, -0.2) is 0 Å². The Morgan fingerprint density at radius 1 is 1.14 bits per heavy atom. The first kappa shape index (κ1) is 10.5. The molecule has 3 aliphatic carbocycles. The van der Waals surface area contributed by atoms with Crippen LogP contribution in [0.3, 0.4) is 0 Å². The summed E-state index contributed by atoms with van der Waals surface area (Å²) in [5, 5.41) is 0. The summed E-state index contributed by atoms with van der Waals surface area (Å²) in [5.74, 6) is 4.20. The molecular weight excluding hydrogens is 168 g/mol. The summed E-state index contributed by atoms with van der Waals surface area (Å²) >= 11 is 0. The van der Waals surface area contributed by atoms with Crippen LogP contribution in [0.5, 0.6) is 0 Å². The summed E-state index contributed by atoms with van der Waals surface area (Å²) in [6.45, 7) is 9.79. The molecule has 0 heterocycles. The second-order valence-electron chi connectivity index (χ2n) is 6.18. The van der Waals surface area contributed by atoms with E-state index >= 15 is 0 Å². The lowest BCUT2D eigenvalue weighted by Gasteiger charge is -2.61. The van der Waals surface area contributed by atoms with E-state index < -0.39 is 0 Å². The van der Waals surface area contributed by atoms with Crippen molar-refractivity contribution in [1.82, 2.24) is 0 Å². The van der Waals surface area contributed by atoms with Crippen LogP contribution in [0.1, 0.15) is 59.8 Å². The lowest BCUT2D eigenvalue weighted by molar-refractivity contribution is -0.122. The molecule has 3 rings (SSSR count). The Morgan fingerprint density at radius 3 is 2.21 bits per heavy atom. The molecule has 0 nitrogen and oxygen atoms in total. The maximum atomic E-state index is 2.51. The van der Waals surface area contributed by atoms with Crippen molar-refractivity contribution in [2.24, 2.45) is 29.1 Å². The number of hydrogen-bond donors (Lipinski definition) is 0. The van der Waals surface area contributed by atoms with Gasteiger partial charge >= 0.3 is 0 Å². The van der Waals surface area contributed by atoms with Gasteiger partial charge in [0.15, 0.2) is 0 Å². The second-order valence-corrected chi connectivity index (χ2v) is 6.18. The Kier molecular flexibility index (Phi) is 2.66. The summed E-state index contributed by atoms with van der Waals surface area (Å²) in [6, 6.07) is 0. The van der Waals surface area contributed by atoms with Gasteiger partial charge in [-0.25, -0.2) is 0 Å². The van der Waals surface area contributed by atoms with Crippen molar-refractivity contribution in [3.63, 3.8) is 0 Å². The minimum absolute atomic E-state index is 0.686. The minimum Gasteiger partial charge on any atom is -0.0651 e. The Hall–Kier alpha value is 0. The molecule has 82 valence electrons. The van der Waals surface area contributed by atoms with Crippen molar-refractivity contribution in [2.75, 3.05) is 0 Å². The lowest BCUT2D eigenvalue weighted by Crippen LogP contribution is -2.53. The van der Waals surface area contributed by atoms with E-state index in [9.17, 15) is 0 Å². The van der Waals surface area contributed by atoms with Crippen LogP contribution < -0.4 is 0 Å². The molecule has 0 aliphatic heterocycles. The smallest absolute Gasteiger partial charge is 0.0295 e. The van der Waals surface area contributed by atoms with Crippen LogP contribution in [0.25, 0.3) is 0 Å². The average Bonchev–Trinajstić information content (AvgIpc) is 2.19. The van der Waals surface area contributed by atoms with Gasteiger partial charge in [-0.3, -0.25) is 0 Å². The number of fused-ring (bicyclic) bond motifs is 2. The topological polar surface area (TPSA) is 0 Å². The fraction of sp³-hybridized carbons (Fsp3) is 1.00. The predicted molar refractivity (Wildman–Crippen MR) is 62.2 cm³/mol. The molecule has 0 radical (unpaired) electrons. The molecule has 0 aromatic carbocycles. The van der Waals surface area contributed by atoms with Gasteiger partial charge < -0.3 is 0 Å². The standard InChI is InChI=1S/C14H26/c1-5-10(6-2)12-8-7-11-9-13(12)14(11,3)4/h10-13H,5-9H2,1-4H3. The number of hydrogen-bond acceptors (Lipinski definition) is 0. The largest absolute Gasteiger partial charge is 0.0651 e. The van der Waals surface area contributed by atoms with Crippen molar-refractivity contribution in [3.05, 3.63) is 0 Å². The molecule has 3 saturated carbocycles. The average molecular weight is 194 g/mol. The maximum absolute atomic E-state index is 2.51.